The molecule has 0 radical (unpaired) electrons. The Labute approximate surface area is 110 Å². The van der Waals surface area contributed by atoms with Crippen LogP contribution >= 0.6 is 11.8 Å². The standard InChI is InChI=1S/C13H15N3OS/c1-2-8-18-13-16-15-12(17-13)11(14)9-10-6-4-3-5-7-10/h2-7,11H,1,8-9,14H2/t11-/m1/s1. The minimum atomic E-state index is -0.266. The van der Waals surface area contributed by atoms with E-state index in [9.17, 15) is 0 Å². The van der Waals surface area contributed by atoms with Crippen molar-refractivity contribution in [3.8, 4) is 0 Å². The smallest absolute Gasteiger partial charge is 0.276 e. The molecule has 0 amide bonds. The number of nitrogens with zero attached hydrogens (tertiary/aromatic N) is 2. The van der Waals surface area contributed by atoms with E-state index in [1.807, 2.05) is 30.3 Å². The minimum Gasteiger partial charge on any atom is -0.414 e. The van der Waals surface area contributed by atoms with Crippen molar-refractivity contribution < 1.29 is 4.42 Å². The molecule has 0 saturated carbocycles. The molecule has 0 aliphatic heterocycles. The average Bonchev–Trinajstić information content (AvgIpc) is 2.86. The van der Waals surface area contributed by atoms with E-state index in [0.717, 1.165) is 11.3 Å². The molecule has 0 fully saturated rings. The highest BCUT2D eigenvalue weighted by molar-refractivity contribution is 7.99. The normalized spacial score (nSPS) is 12.3. The Balaban J connectivity index is 1.98. The summed E-state index contributed by atoms with van der Waals surface area (Å²) < 4.78 is 5.49. The molecule has 0 spiro atoms. The van der Waals surface area contributed by atoms with Crippen molar-refractivity contribution in [1.82, 2.24) is 10.2 Å². The Kier molecular flexibility index (Phi) is 4.55. The van der Waals surface area contributed by atoms with Gasteiger partial charge in [0.05, 0.1) is 6.04 Å². The summed E-state index contributed by atoms with van der Waals surface area (Å²) in [6.45, 7) is 3.64. The molecule has 4 nitrogen and oxygen atoms in total. The highest BCUT2D eigenvalue weighted by atomic mass is 32.2. The molecule has 0 saturated heterocycles. The van der Waals surface area contributed by atoms with Crippen LogP contribution in [0.1, 0.15) is 17.5 Å². The minimum absolute atomic E-state index is 0.266. The summed E-state index contributed by atoms with van der Waals surface area (Å²) in [7, 11) is 0. The zero-order valence-corrected chi connectivity index (χ0v) is 10.8. The molecular weight excluding hydrogens is 246 g/mol. The summed E-state index contributed by atoms with van der Waals surface area (Å²) >= 11 is 1.45. The van der Waals surface area contributed by atoms with Crippen molar-refractivity contribution in [2.45, 2.75) is 17.7 Å². The van der Waals surface area contributed by atoms with Gasteiger partial charge in [-0.2, -0.15) is 0 Å². The quantitative estimate of drug-likeness (QED) is 0.639. The van der Waals surface area contributed by atoms with Gasteiger partial charge in [-0.15, -0.1) is 16.8 Å². The molecule has 18 heavy (non-hydrogen) atoms. The van der Waals surface area contributed by atoms with Gasteiger partial charge in [0, 0.05) is 5.75 Å². The third-order valence-electron chi connectivity index (χ3n) is 2.36. The topological polar surface area (TPSA) is 64.9 Å². The number of benzene rings is 1. The van der Waals surface area contributed by atoms with Crippen LogP contribution in [0.4, 0.5) is 0 Å². The Morgan fingerprint density at radius 3 is 2.83 bits per heavy atom. The molecule has 5 heteroatoms. The monoisotopic (exact) mass is 261 g/mol. The summed E-state index contributed by atoms with van der Waals surface area (Å²) in [5, 5.41) is 8.44. The van der Waals surface area contributed by atoms with E-state index < -0.39 is 0 Å². The maximum absolute atomic E-state index is 6.04. The van der Waals surface area contributed by atoms with Gasteiger partial charge in [0.15, 0.2) is 0 Å². The van der Waals surface area contributed by atoms with E-state index in [2.05, 4.69) is 16.8 Å². The molecule has 2 aromatic rings. The largest absolute Gasteiger partial charge is 0.414 e. The van der Waals surface area contributed by atoms with Crippen molar-refractivity contribution in [2.75, 3.05) is 5.75 Å². The maximum atomic E-state index is 6.04. The van der Waals surface area contributed by atoms with Gasteiger partial charge in [-0.3, -0.25) is 0 Å². The second kappa shape index (κ2) is 6.37. The Morgan fingerprint density at radius 1 is 1.33 bits per heavy atom. The van der Waals surface area contributed by atoms with Gasteiger partial charge in [0.1, 0.15) is 0 Å². The number of hydrogen-bond donors (Lipinski definition) is 1. The zero-order chi connectivity index (χ0) is 12.8. The lowest BCUT2D eigenvalue weighted by Crippen LogP contribution is -2.13. The fourth-order valence-electron chi connectivity index (χ4n) is 1.51. The van der Waals surface area contributed by atoms with Gasteiger partial charge >= 0.3 is 0 Å². The molecule has 2 N–H and O–H groups in total. The van der Waals surface area contributed by atoms with E-state index in [4.69, 9.17) is 10.2 Å². The van der Waals surface area contributed by atoms with Gasteiger partial charge in [-0.25, -0.2) is 0 Å². The molecule has 1 aromatic carbocycles. The third-order valence-corrected chi connectivity index (χ3v) is 3.18. The molecule has 94 valence electrons. The van der Waals surface area contributed by atoms with Crippen LogP contribution in [0.15, 0.2) is 52.6 Å². The number of rotatable bonds is 6. The van der Waals surface area contributed by atoms with Gasteiger partial charge in [-0.05, 0) is 12.0 Å². The van der Waals surface area contributed by atoms with Crippen LogP contribution in [-0.2, 0) is 6.42 Å². The summed E-state index contributed by atoms with van der Waals surface area (Å²) in [5.41, 5.74) is 7.20. The van der Waals surface area contributed by atoms with E-state index in [1.54, 1.807) is 6.08 Å². The van der Waals surface area contributed by atoms with Crippen molar-refractivity contribution in [3.63, 3.8) is 0 Å². The Bertz CT molecular complexity index is 498. The average molecular weight is 261 g/mol. The van der Waals surface area contributed by atoms with Crippen molar-refractivity contribution in [1.29, 1.82) is 0 Å². The maximum Gasteiger partial charge on any atom is 0.276 e. The first-order valence-electron chi connectivity index (χ1n) is 5.66. The first-order chi connectivity index (χ1) is 8.79. The van der Waals surface area contributed by atoms with Crippen LogP contribution in [0.3, 0.4) is 0 Å². The van der Waals surface area contributed by atoms with Crippen LogP contribution in [0.2, 0.25) is 0 Å². The SMILES string of the molecule is C=CCSc1nnc([C@H](N)Cc2ccccc2)o1. The molecule has 1 heterocycles. The summed E-state index contributed by atoms with van der Waals surface area (Å²) in [6.07, 6.45) is 2.48. The van der Waals surface area contributed by atoms with E-state index in [1.165, 1.54) is 11.8 Å². The summed E-state index contributed by atoms with van der Waals surface area (Å²) in [4.78, 5) is 0. The molecule has 0 bridgehead atoms. The second-order valence-corrected chi connectivity index (χ2v) is 4.77. The molecule has 0 unspecified atom stereocenters. The van der Waals surface area contributed by atoms with Crippen LogP contribution in [0.25, 0.3) is 0 Å². The number of hydrogen-bond acceptors (Lipinski definition) is 5. The molecule has 2 rings (SSSR count). The van der Waals surface area contributed by atoms with E-state index >= 15 is 0 Å². The highest BCUT2D eigenvalue weighted by Crippen LogP contribution is 2.20. The lowest BCUT2D eigenvalue weighted by molar-refractivity contribution is 0.385. The van der Waals surface area contributed by atoms with Gasteiger partial charge in [0.2, 0.25) is 5.89 Å². The highest BCUT2D eigenvalue weighted by Gasteiger charge is 2.14. The summed E-state index contributed by atoms with van der Waals surface area (Å²) in [5.74, 6) is 1.22. The molecular formula is C13H15N3OS. The van der Waals surface area contributed by atoms with E-state index in [0.29, 0.717) is 17.5 Å². The van der Waals surface area contributed by atoms with Crippen molar-refractivity contribution >= 4 is 11.8 Å². The molecule has 1 aromatic heterocycles. The van der Waals surface area contributed by atoms with Crippen LogP contribution in [0, 0.1) is 0 Å². The Morgan fingerprint density at radius 2 is 2.11 bits per heavy atom. The second-order valence-electron chi connectivity index (χ2n) is 3.80. The fourth-order valence-corrected chi connectivity index (χ4v) is 2.02. The Hall–Kier alpha value is -1.59. The fraction of sp³-hybridized carbons (Fsp3) is 0.231. The number of thioether (sulfide) groups is 1. The van der Waals surface area contributed by atoms with Gasteiger partial charge < -0.3 is 10.2 Å². The lowest BCUT2D eigenvalue weighted by Gasteiger charge is -2.06. The first kappa shape index (κ1) is 12.9. The van der Waals surface area contributed by atoms with Crippen LogP contribution in [-0.4, -0.2) is 16.0 Å². The summed E-state index contributed by atoms with van der Waals surface area (Å²) in [6, 6.07) is 9.75. The number of aromatic nitrogens is 2. The lowest BCUT2D eigenvalue weighted by atomic mass is 10.1. The predicted octanol–water partition coefficient (Wildman–Crippen LogP) is 2.59. The van der Waals surface area contributed by atoms with Crippen LogP contribution in [0.5, 0.6) is 0 Å². The molecule has 1 atom stereocenters. The van der Waals surface area contributed by atoms with Gasteiger partial charge in [0.25, 0.3) is 5.22 Å². The van der Waals surface area contributed by atoms with E-state index in [-0.39, 0.29) is 6.04 Å². The molecule has 0 aliphatic carbocycles. The third kappa shape index (κ3) is 3.45. The van der Waals surface area contributed by atoms with Crippen molar-refractivity contribution in [2.24, 2.45) is 5.73 Å². The van der Waals surface area contributed by atoms with Gasteiger partial charge in [-0.1, -0.05) is 48.2 Å². The molecule has 0 aliphatic rings. The zero-order valence-electron chi connectivity index (χ0n) is 9.95. The first-order valence-corrected chi connectivity index (χ1v) is 6.64. The van der Waals surface area contributed by atoms with Crippen LogP contribution < -0.4 is 5.73 Å². The van der Waals surface area contributed by atoms with Crippen molar-refractivity contribution in [3.05, 3.63) is 54.4 Å². The predicted molar refractivity (Wildman–Crippen MR) is 72.3 cm³/mol. The number of nitrogens with two attached hydrogens (primary N) is 1.